The monoisotopic (exact) mass is 254 g/mol. The van der Waals surface area contributed by atoms with E-state index in [1.165, 1.54) is 0 Å². The fourth-order valence-electron chi connectivity index (χ4n) is 1.49. The first-order valence-corrected chi connectivity index (χ1v) is 6.19. The first-order valence-electron chi connectivity index (χ1n) is 5.81. The molecule has 0 aliphatic heterocycles. The highest BCUT2D eigenvalue weighted by Crippen LogP contribution is 2.22. The van der Waals surface area contributed by atoms with Crippen LogP contribution in [0.15, 0.2) is 18.2 Å². The van der Waals surface area contributed by atoms with Crippen molar-refractivity contribution in [3.05, 3.63) is 28.8 Å². The van der Waals surface area contributed by atoms with Crippen LogP contribution >= 0.6 is 11.6 Å². The molecule has 1 N–H and O–H groups in total. The minimum absolute atomic E-state index is 0.0133. The van der Waals surface area contributed by atoms with Gasteiger partial charge in [0.25, 0.3) is 5.91 Å². The Morgan fingerprint density at radius 2 is 2.12 bits per heavy atom. The summed E-state index contributed by atoms with van der Waals surface area (Å²) in [5.41, 5.74) is 1.47. The van der Waals surface area contributed by atoms with E-state index in [9.17, 15) is 4.79 Å². The third-order valence-corrected chi connectivity index (χ3v) is 2.70. The van der Waals surface area contributed by atoms with Crippen LogP contribution in [0.2, 0.25) is 5.02 Å². The normalized spacial score (nSPS) is 10.1. The Hall–Kier alpha value is -1.22. The smallest absolute Gasteiger partial charge is 0.255 e. The fourth-order valence-corrected chi connectivity index (χ4v) is 1.66. The summed E-state index contributed by atoms with van der Waals surface area (Å²) in [5, 5.41) is 3.90. The molecule has 0 fully saturated rings. The van der Waals surface area contributed by atoms with E-state index in [0.717, 1.165) is 25.1 Å². The van der Waals surface area contributed by atoms with E-state index in [-0.39, 0.29) is 5.91 Å². The number of amides is 1. The van der Waals surface area contributed by atoms with Crippen LogP contribution in [-0.2, 0) is 0 Å². The summed E-state index contributed by atoms with van der Waals surface area (Å²) in [4.78, 5) is 13.5. The SMILES string of the molecule is CCCCNc1cc(Cl)ccc1C(=O)N(C)C. The zero-order valence-corrected chi connectivity index (χ0v) is 11.3. The molecule has 1 aromatic carbocycles. The van der Waals surface area contributed by atoms with Crippen molar-refractivity contribution < 1.29 is 4.79 Å². The molecule has 0 aliphatic rings. The van der Waals surface area contributed by atoms with Crippen LogP contribution in [0, 0.1) is 0 Å². The molecular formula is C13H19ClN2O. The fraction of sp³-hybridized carbons (Fsp3) is 0.462. The van der Waals surface area contributed by atoms with Crippen molar-refractivity contribution in [1.29, 1.82) is 0 Å². The van der Waals surface area contributed by atoms with Gasteiger partial charge in [-0.2, -0.15) is 0 Å². The van der Waals surface area contributed by atoms with Gasteiger partial charge >= 0.3 is 0 Å². The number of carbonyl (C=O) groups is 1. The molecule has 0 unspecified atom stereocenters. The lowest BCUT2D eigenvalue weighted by molar-refractivity contribution is 0.0828. The van der Waals surface area contributed by atoms with Gasteiger partial charge in [-0.1, -0.05) is 24.9 Å². The minimum atomic E-state index is -0.0133. The molecule has 1 aromatic rings. The summed E-state index contributed by atoms with van der Waals surface area (Å²) < 4.78 is 0. The second-order valence-corrected chi connectivity index (χ2v) is 4.61. The summed E-state index contributed by atoms with van der Waals surface area (Å²) in [6.45, 7) is 2.98. The average Bonchev–Trinajstić information content (AvgIpc) is 2.28. The molecular weight excluding hydrogens is 236 g/mol. The quantitative estimate of drug-likeness (QED) is 0.818. The van der Waals surface area contributed by atoms with Gasteiger partial charge in [-0.05, 0) is 24.6 Å². The van der Waals surface area contributed by atoms with Crippen LogP contribution in [0.1, 0.15) is 30.1 Å². The molecule has 0 aliphatic carbocycles. The van der Waals surface area contributed by atoms with E-state index in [4.69, 9.17) is 11.6 Å². The minimum Gasteiger partial charge on any atom is -0.384 e. The van der Waals surface area contributed by atoms with Crippen LogP contribution < -0.4 is 5.32 Å². The first kappa shape index (κ1) is 13.8. The summed E-state index contributed by atoms with van der Waals surface area (Å²) >= 11 is 5.95. The van der Waals surface area contributed by atoms with Gasteiger partial charge in [-0.25, -0.2) is 0 Å². The molecule has 0 radical (unpaired) electrons. The largest absolute Gasteiger partial charge is 0.384 e. The number of hydrogen-bond donors (Lipinski definition) is 1. The van der Waals surface area contributed by atoms with E-state index < -0.39 is 0 Å². The number of rotatable bonds is 5. The number of hydrogen-bond acceptors (Lipinski definition) is 2. The van der Waals surface area contributed by atoms with Gasteiger partial charge in [0.05, 0.1) is 5.56 Å². The lowest BCUT2D eigenvalue weighted by atomic mass is 10.1. The van der Waals surface area contributed by atoms with E-state index in [0.29, 0.717) is 10.6 Å². The number of carbonyl (C=O) groups excluding carboxylic acids is 1. The van der Waals surface area contributed by atoms with Gasteiger partial charge in [-0.15, -0.1) is 0 Å². The maximum Gasteiger partial charge on any atom is 0.255 e. The van der Waals surface area contributed by atoms with Crippen molar-refractivity contribution in [3.63, 3.8) is 0 Å². The van der Waals surface area contributed by atoms with Crippen molar-refractivity contribution in [2.75, 3.05) is 26.0 Å². The lowest BCUT2D eigenvalue weighted by Gasteiger charge is -2.15. The zero-order chi connectivity index (χ0) is 12.8. The molecule has 94 valence electrons. The molecule has 0 aromatic heterocycles. The molecule has 1 amide bonds. The molecule has 0 spiro atoms. The highest BCUT2D eigenvalue weighted by Gasteiger charge is 2.13. The average molecular weight is 255 g/mol. The topological polar surface area (TPSA) is 32.3 Å². The van der Waals surface area contributed by atoms with E-state index >= 15 is 0 Å². The van der Waals surface area contributed by atoms with Gasteiger partial charge in [0.2, 0.25) is 0 Å². The number of benzene rings is 1. The highest BCUT2D eigenvalue weighted by atomic mass is 35.5. The standard InChI is InChI=1S/C13H19ClN2O/c1-4-5-8-15-12-9-10(14)6-7-11(12)13(17)16(2)3/h6-7,9,15H,4-5,8H2,1-3H3. The highest BCUT2D eigenvalue weighted by molar-refractivity contribution is 6.31. The van der Waals surface area contributed by atoms with Crippen molar-refractivity contribution in [1.82, 2.24) is 4.90 Å². The molecule has 4 heteroatoms. The van der Waals surface area contributed by atoms with Gasteiger partial charge in [0.1, 0.15) is 0 Å². The third-order valence-electron chi connectivity index (χ3n) is 2.46. The Bertz CT molecular complexity index is 391. The number of nitrogens with zero attached hydrogens (tertiary/aromatic N) is 1. The first-order chi connectivity index (χ1) is 8.06. The predicted molar refractivity (Wildman–Crippen MR) is 72.9 cm³/mol. The molecule has 17 heavy (non-hydrogen) atoms. The molecule has 0 saturated carbocycles. The van der Waals surface area contributed by atoms with Crippen LogP contribution in [0.3, 0.4) is 0 Å². The van der Waals surface area contributed by atoms with Gasteiger partial charge < -0.3 is 10.2 Å². The summed E-state index contributed by atoms with van der Waals surface area (Å²) in [5.74, 6) is -0.0133. The van der Waals surface area contributed by atoms with Crippen molar-refractivity contribution in [2.24, 2.45) is 0 Å². The van der Waals surface area contributed by atoms with Gasteiger partial charge in [0.15, 0.2) is 0 Å². The summed E-state index contributed by atoms with van der Waals surface area (Å²) in [7, 11) is 3.49. The number of halogens is 1. The lowest BCUT2D eigenvalue weighted by Crippen LogP contribution is -2.23. The molecule has 0 bridgehead atoms. The molecule has 1 rings (SSSR count). The Labute approximate surface area is 108 Å². The van der Waals surface area contributed by atoms with Crippen LogP contribution in [0.25, 0.3) is 0 Å². The number of nitrogens with one attached hydrogen (secondary N) is 1. The Kier molecular flexibility index (Phi) is 5.29. The number of unbranched alkanes of at least 4 members (excludes halogenated alkanes) is 1. The third kappa shape index (κ3) is 3.93. The van der Waals surface area contributed by atoms with Crippen molar-refractivity contribution in [3.8, 4) is 0 Å². The van der Waals surface area contributed by atoms with Crippen LogP contribution in [0.4, 0.5) is 5.69 Å². The summed E-state index contributed by atoms with van der Waals surface area (Å²) in [6, 6.07) is 5.30. The molecule has 3 nitrogen and oxygen atoms in total. The number of anilines is 1. The predicted octanol–water partition coefficient (Wildman–Crippen LogP) is 3.25. The Balaban J connectivity index is 2.91. The van der Waals surface area contributed by atoms with E-state index in [1.54, 1.807) is 37.2 Å². The molecule has 0 atom stereocenters. The van der Waals surface area contributed by atoms with Crippen LogP contribution in [0.5, 0.6) is 0 Å². The Morgan fingerprint density at radius 3 is 2.71 bits per heavy atom. The summed E-state index contributed by atoms with van der Waals surface area (Å²) in [6.07, 6.45) is 2.19. The second-order valence-electron chi connectivity index (χ2n) is 4.17. The van der Waals surface area contributed by atoms with Gasteiger partial charge in [0, 0.05) is 31.4 Å². The maximum absolute atomic E-state index is 12.0. The van der Waals surface area contributed by atoms with Crippen LogP contribution in [-0.4, -0.2) is 31.4 Å². The van der Waals surface area contributed by atoms with Crippen molar-refractivity contribution >= 4 is 23.2 Å². The molecule has 0 saturated heterocycles. The van der Waals surface area contributed by atoms with E-state index in [2.05, 4.69) is 12.2 Å². The Morgan fingerprint density at radius 1 is 1.41 bits per heavy atom. The second kappa shape index (κ2) is 6.50. The van der Waals surface area contributed by atoms with E-state index in [1.807, 2.05) is 0 Å². The van der Waals surface area contributed by atoms with Gasteiger partial charge in [-0.3, -0.25) is 4.79 Å². The zero-order valence-electron chi connectivity index (χ0n) is 10.6. The molecule has 0 heterocycles. The van der Waals surface area contributed by atoms with Crippen molar-refractivity contribution in [2.45, 2.75) is 19.8 Å². The maximum atomic E-state index is 12.0.